The Bertz CT molecular complexity index is 1730. The third kappa shape index (κ3) is 4.98. The van der Waals surface area contributed by atoms with Crippen LogP contribution in [0, 0.1) is 5.82 Å². The number of fused-ring (bicyclic) bond motifs is 1. The van der Waals surface area contributed by atoms with Crippen LogP contribution in [0.1, 0.15) is 5.56 Å². The standard InChI is InChI=1S/C24H16F4N6O3S/c25-18-7-3-1-5-15(18)14-34-19-8-4-2-6-17(19)21(33-34)23-30-13-20(37-38(35,36)24(26,27)28)22(32-23)31-16-9-11-29-12-10-16/h1-13H,14H2,(H,29,30,31,32). The Labute approximate surface area is 212 Å². The second-order valence-corrected chi connectivity index (χ2v) is 9.40. The van der Waals surface area contributed by atoms with Crippen LogP contribution in [-0.4, -0.2) is 38.7 Å². The molecule has 9 nitrogen and oxygen atoms in total. The van der Waals surface area contributed by atoms with E-state index < -0.39 is 27.2 Å². The number of hydrogen-bond acceptors (Lipinski definition) is 8. The first-order valence-corrected chi connectivity index (χ1v) is 12.3. The van der Waals surface area contributed by atoms with Crippen LogP contribution in [0.15, 0.2) is 79.3 Å². The number of para-hydroxylation sites is 1. The molecule has 0 unspecified atom stereocenters. The Hall–Kier alpha value is -4.59. The summed E-state index contributed by atoms with van der Waals surface area (Å²) in [7, 11) is -6.00. The lowest BCUT2D eigenvalue weighted by Crippen LogP contribution is -2.28. The Morgan fingerprint density at radius 2 is 1.68 bits per heavy atom. The number of benzene rings is 2. The summed E-state index contributed by atoms with van der Waals surface area (Å²) >= 11 is 0. The molecule has 3 aromatic heterocycles. The molecule has 0 spiro atoms. The lowest BCUT2D eigenvalue weighted by atomic mass is 10.2. The quantitative estimate of drug-likeness (QED) is 0.172. The number of hydrogen-bond donors (Lipinski definition) is 1. The van der Waals surface area contributed by atoms with Gasteiger partial charge in [-0.3, -0.25) is 9.67 Å². The van der Waals surface area contributed by atoms with Crippen molar-refractivity contribution in [3.05, 3.63) is 90.6 Å². The molecule has 0 saturated carbocycles. The SMILES string of the molecule is O=S(=O)(Oc1cnc(-c2nn(Cc3ccccc3F)c3ccccc23)nc1Nc1ccncc1)C(F)(F)F. The number of pyridine rings is 1. The van der Waals surface area contributed by atoms with E-state index in [9.17, 15) is 26.0 Å². The molecular weight excluding hydrogens is 528 g/mol. The van der Waals surface area contributed by atoms with Crippen molar-refractivity contribution in [1.82, 2.24) is 24.7 Å². The van der Waals surface area contributed by atoms with Crippen molar-refractivity contribution in [2.45, 2.75) is 12.1 Å². The number of anilines is 2. The van der Waals surface area contributed by atoms with E-state index in [-0.39, 0.29) is 23.9 Å². The van der Waals surface area contributed by atoms with Gasteiger partial charge in [-0.05, 0) is 24.3 Å². The van der Waals surface area contributed by atoms with E-state index in [0.717, 1.165) is 6.20 Å². The molecule has 0 radical (unpaired) electrons. The van der Waals surface area contributed by atoms with Gasteiger partial charge in [-0.1, -0.05) is 36.4 Å². The molecule has 2 aromatic carbocycles. The van der Waals surface area contributed by atoms with Crippen molar-refractivity contribution >= 4 is 32.5 Å². The molecule has 194 valence electrons. The maximum atomic E-state index is 14.3. The molecule has 0 fully saturated rings. The highest BCUT2D eigenvalue weighted by molar-refractivity contribution is 7.88. The highest BCUT2D eigenvalue weighted by Crippen LogP contribution is 2.34. The summed E-state index contributed by atoms with van der Waals surface area (Å²) < 4.78 is 82.5. The van der Waals surface area contributed by atoms with E-state index in [4.69, 9.17) is 0 Å². The van der Waals surface area contributed by atoms with E-state index in [1.807, 2.05) is 0 Å². The van der Waals surface area contributed by atoms with Gasteiger partial charge in [-0.15, -0.1) is 0 Å². The molecule has 5 rings (SSSR count). The monoisotopic (exact) mass is 544 g/mol. The lowest BCUT2D eigenvalue weighted by molar-refractivity contribution is -0.0499. The smallest absolute Gasteiger partial charge is 0.370 e. The molecule has 38 heavy (non-hydrogen) atoms. The second-order valence-electron chi connectivity index (χ2n) is 7.87. The first kappa shape index (κ1) is 25.1. The van der Waals surface area contributed by atoms with Crippen LogP contribution in [-0.2, 0) is 16.7 Å². The molecule has 0 aliphatic rings. The molecule has 0 aliphatic carbocycles. The Morgan fingerprint density at radius 3 is 2.42 bits per heavy atom. The maximum absolute atomic E-state index is 14.3. The fourth-order valence-corrected chi connectivity index (χ4v) is 4.03. The first-order chi connectivity index (χ1) is 18.1. The van der Waals surface area contributed by atoms with Crippen molar-refractivity contribution in [3.63, 3.8) is 0 Å². The van der Waals surface area contributed by atoms with Gasteiger partial charge in [0.05, 0.1) is 18.3 Å². The average molecular weight is 544 g/mol. The fourth-order valence-electron chi connectivity index (χ4n) is 3.57. The summed E-state index contributed by atoms with van der Waals surface area (Å²) in [5.41, 5.74) is -4.08. The highest BCUT2D eigenvalue weighted by atomic mass is 32.2. The number of rotatable bonds is 7. The van der Waals surface area contributed by atoms with E-state index in [1.165, 1.54) is 30.6 Å². The van der Waals surface area contributed by atoms with Gasteiger partial charge in [0.2, 0.25) is 5.75 Å². The average Bonchev–Trinajstić information content (AvgIpc) is 3.25. The molecule has 14 heteroatoms. The van der Waals surface area contributed by atoms with Crippen LogP contribution in [0.3, 0.4) is 0 Å². The molecule has 0 aliphatic heterocycles. The molecule has 3 heterocycles. The normalized spacial score (nSPS) is 12.0. The van der Waals surface area contributed by atoms with Gasteiger partial charge in [0, 0.05) is 29.0 Å². The summed E-state index contributed by atoms with van der Waals surface area (Å²) in [4.78, 5) is 12.1. The number of halogens is 4. The second kappa shape index (κ2) is 9.70. The van der Waals surface area contributed by atoms with Crippen LogP contribution in [0.4, 0.5) is 29.1 Å². The Morgan fingerprint density at radius 1 is 0.974 bits per heavy atom. The van der Waals surface area contributed by atoms with Gasteiger partial charge in [0.25, 0.3) is 0 Å². The predicted octanol–water partition coefficient (Wildman–Crippen LogP) is 5.05. The maximum Gasteiger partial charge on any atom is 0.534 e. The zero-order valence-electron chi connectivity index (χ0n) is 19.1. The number of aromatic nitrogens is 5. The fraction of sp³-hybridized carbons (Fsp3) is 0.0833. The highest BCUT2D eigenvalue weighted by Gasteiger charge is 2.49. The summed E-state index contributed by atoms with van der Waals surface area (Å²) in [5, 5.41) is 7.84. The van der Waals surface area contributed by atoms with Gasteiger partial charge < -0.3 is 9.50 Å². The number of alkyl halides is 3. The minimum atomic E-state index is -6.00. The zero-order valence-corrected chi connectivity index (χ0v) is 19.9. The third-order valence-corrected chi connectivity index (χ3v) is 6.29. The summed E-state index contributed by atoms with van der Waals surface area (Å²) in [6.45, 7) is 0.0837. The zero-order chi connectivity index (χ0) is 26.9. The van der Waals surface area contributed by atoms with E-state index in [1.54, 1.807) is 47.1 Å². The molecule has 5 aromatic rings. The lowest BCUT2D eigenvalue weighted by Gasteiger charge is -2.14. The van der Waals surface area contributed by atoms with Crippen molar-refractivity contribution < 1.29 is 30.2 Å². The van der Waals surface area contributed by atoms with Gasteiger partial charge in [0.1, 0.15) is 11.5 Å². The molecule has 0 atom stereocenters. The summed E-state index contributed by atoms with van der Waals surface area (Å²) in [6.07, 6.45) is 3.63. The van der Waals surface area contributed by atoms with Crippen LogP contribution in [0.2, 0.25) is 0 Å². The van der Waals surface area contributed by atoms with Gasteiger partial charge in [0.15, 0.2) is 11.6 Å². The van der Waals surface area contributed by atoms with E-state index >= 15 is 0 Å². The van der Waals surface area contributed by atoms with Crippen molar-refractivity contribution in [1.29, 1.82) is 0 Å². The van der Waals surface area contributed by atoms with E-state index in [2.05, 4.69) is 29.6 Å². The predicted molar refractivity (Wildman–Crippen MR) is 129 cm³/mol. The third-order valence-electron chi connectivity index (χ3n) is 5.33. The van der Waals surface area contributed by atoms with Crippen molar-refractivity contribution in [2.75, 3.05) is 5.32 Å². The minimum absolute atomic E-state index is 0.0400. The summed E-state index contributed by atoms with van der Waals surface area (Å²) in [6, 6.07) is 16.2. The molecule has 0 bridgehead atoms. The minimum Gasteiger partial charge on any atom is -0.370 e. The Kier molecular flexibility index (Phi) is 6.40. The molecule has 1 N–H and O–H groups in total. The van der Waals surface area contributed by atoms with Crippen molar-refractivity contribution in [3.8, 4) is 17.3 Å². The van der Waals surface area contributed by atoms with Crippen molar-refractivity contribution in [2.24, 2.45) is 0 Å². The summed E-state index contributed by atoms with van der Waals surface area (Å²) in [5.74, 6) is -1.59. The molecule has 0 amide bonds. The van der Waals surface area contributed by atoms with Gasteiger partial charge in [-0.2, -0.15) is 26.7 Å². The topological polar surface area (TPSA) is 112 Å². The molecular formula is C24H16F4N6O3S. The van der Waals surface area contributed by atoms with Gasteiger partial charge >= 0.3 is 15.6 Å². The van der Waals surface area contributed by atoms with Gasteiger partial charge in [-0.25, -0.2) is 14.4 Å². The largest absolute Gasteiger partial charge is 0.534 e. The van der Waals surface area contributed by atoms with Crippen LogP contribution < -0.4 is 9.50 Å². The Balaban J connectivity index is 1.61. The van der Waals surface area contributed by atoms with E-state index in [0.29, 0.717) is 22.2 Å². The molecule has 0 saturated heterocycles. The van der Waals surface area contributed by atoms with Crippen LogP contribution in [0.5, 0.6) is 5.75 Å². The van der Waals surface area contributed by atoms with Crippen LogP contribution >= 0.6 is 0 Å². The number of nitrogens with one attached hydrogen (secondary N) is 1. The number of nitrogens with zero attached hydrogens (tertiary/aromatic N) is 5. The van der Waals surface area contributed by atoms with Crippen LogP contribution in [0.25, 0.3) is 22.4 Å². The first-order valence-electron chi connectivity index (χ1n) is 10.9.